The normalized spacial score (nSPS) is 10.4. The van der Waals surface area contributed by atoms with Gasteiger partial charge in [0.1, 0.15) is 0 Å². The van der Waals surface area contributed by atoms with E-state index < -0.39 is 0 Å². The molecule has 0 bridgehead atoms. The van der Waals surface area contributed by atoms with Gasteiger partial charge in [0.15, 0.2) is 0 Å². The van der Waals surface area contributed by atoms with Crippen molar-refractivity contribution in [2.45, 2.75) is 26.7 Å². The van der Waals surface area contributed by atoms with Crippen molar-refractivity contribution in [1.82, 2.24) is 0 Å². The van der Waals surface area contributed by atoms with Crippen LogP contribution >= 0.6 is 11.3 Å². The van der Waals surface area contributed by atoms with E-state index in [1.54, 1.807) is 0 Å². The molecule has 0 aliphatic rings. The van der Waals surface area contributed by atoms with Crippen molar-refractivity contribution in [3.8, 4) is 0 Å². The van der Waals surface area contributed by atoms with Gasteiger partial charge in [-0.1, -0.05) is 19.9 Å². The first kappa shape index (κ1) is 15.6. The number of benzene rings is 1. The largest absolute Gasteiger partial charge is 0.372 e. The fourth-order valence-corrected chi connectivity index (χ4v) is 2.88. The molecule has 1 heterocycles. The molecule has 1 aromatic heterocycles. The second-order valence-corrected chi connectivity index (χ2v) is 5.91. The van der Waals surface area contributed by atoms with Crippen molar-refractivity contribution in [2.75, 3.05) is 23.3 Å². The van der Waals surface area contributed by atoms with Crippen LogP contribution in [0.1, 0.15) is 36.4 Å². The first-order valence-electron chi connectivity index (χ1n) is 7.44. The van der Waals surface area contributed by atoms with Gasteiger partial charge in [0.25, 0.3) is 5.91 Å². The lowest BCUT2D eigenvalue weighted by molar-refractivity contribution is 0.103. The third-order valence-electron chi connectivity index (χ3n) is 3.22. The monoisotopic (exact) mass is 302 g/mol. The average molecular weight is 302 g/mol. The quantitative estimate of drug-likeness (QED) is 0.809. The van der Waals surface area contributed by atoms with Gasteiger partial charge in [-0.25, -0.2) is 0 Å². The predicted molar refractivity (Wildman–Crippen MR) is 91.5 cm³/mol. The van der Waals surface area contributed by atoms with E-state index in [9.17, 15) is 4.79 Å². The SMILES string of the molecule is CCCN(CCC)c1ccc(NC(=O)c2cccs2)cc1. The lowest BCUT2D eigenvalue weighted by Gasteiger charge is -2.24. The van der Waals surface area contributed by atoms with Gasteiger partial charge in [0.05, 0.1) is 4.88 Å². The Hall–Kier alpha value is -1.81. The van der Waals surface area contributed by atoms with Crippen LogP contribution in [0.3, 0.4) is 0 Å². The van der Waals surface area contributed by atoms with Crippen molar-refractivity contribution in [3.63, 3.8) is 0 Å². The smallest absolute Gasteiger partial charge is 0.265 e. The van der Waals surface area contributed by atoms with E-state index in [0.29, 0.717) is 0 Å². The van der Waals surface area contributed by atoms with Gasteiger partial charge in [0.2, 0.25) is 0 Å². The van der Waals surface area contributed by atoms with Gasteiger partial charge in [-0.2, -0.15) is 0 Å². The Morgan fingerprint density at radius 1 is 1.10 bits per heavy atom. The van der Waals surface area contributed by atoms with Crippen LogP contribution < -0.4 is 10.2 Å². The summed E-state index contributed by atoms with van der Waals surface area (Å²) in [5.41, 5.74) is 2.05. The third kappa shape index (κ3) is 4.33. The topological polar surface area (TPSA) is 32.3 Å². The van der Waals surface area contributed by atoms with Crippen LogP contribution in [0.4, 0.5) is 11.4 Å². The maximum Gasteiger partial charge on any atom is 0.265 e. The summed E-state index contributed by atoms with van der Waals surface area (Å²) in [4.78, 5) is 15.1. The summed E-state index contributed by atoms with van der Waals surface area (Å²) < 4.78 is 0. The molecule has 0 spiro atoms. The molecule has 0 saturated carbocycles. The zero-order valence-corrected chi connectivity index (χ0v) is 13.5. The van der Waals surface area contributed by atoms with Crippen molar-refractivity contribution in [3.05, 3.63) is 46.7 Å². The molecule has 0 saturated heterocycles. The Morgan fingerprint density at radius 2 is 1.76 bits per heavy atom. The Bertz CT molecular complexity index is 543. The molecule has 0 unspecified atom stereocenters. The van der Waals surface area contributed by atoms with Crippen LogP contribution in [-0.2, 0) is 0 Å². The number of rotatable bonds is 7. The third-order valence-corrected chi connectivity index (χ3v) is 4.09. The van der Waals surface area contributed by atoms with E-state index in [4.69, 9.17) is 0 Å². The van der Waals surface area contributed by atoms with Gasteiger partial charge in [-0.15, -0.1) is 11.3 Å². The summed E-state index contributed by atoms with van der Waals surface area (Å²) >= 11 is 1.45. The predicted octanol–water partition coefficient (Wildman–Crippen LogP) is 4.63. The molecule has 0 atom stereocenters. The molecular weight excluding hydrogens is 280 g/mol. The maximum absolute atomic E-state index is 12.0. The minimum Gasteiger partial charge on any atom is -0.372 e. The molecule has 1 amide bonds. The fourth-order valence-electron chi connectivity index (χ4n) is 2.27. The Balaban J connectivity index is 2.02. The van der Waals surface area contributed by atoms with Crippen molar-refractivity contribution in [1.29, 1.82) is 0 Å². The highest BCUT2D eigenvalue weighted by atomic mass is 32.1. The first-order chi connectivity index (χ1) is 10.2. The minimum absolute atomic E-state index is 0.0447. The second kappa shape index (κ2) is 7.84. The average Bonchev–Trinajstić information content (AvgIpc) is 3.02. The number of nitrogens with one attached hydrogen (secondary N) is 1. The van der Waals surface area contributed by atoms with E-state index in [1.807, 2.05) is 29.6 Å². The van der Waals surface area contributed by atoms with Crippen LogP contribution in [0.25, 0.3) is 0 Å². The highest BCUT2D eigenvalue weighted by molar-refractivity contribution is 7.12. The van der Waals surface area contributed by atoms with Gasteiger partial charge < -0.3 is 10.2 Å². The zero-order chi connectivity index (χ0) is 15.1. The molecule has 1 aromatic carbocycles. The van der Waals surface area contributed by atoms with Gasteiger partial charge in [0, 0.05) is 24.5 Å². The standard InChI is InChI=1S/C17H22N2OS/c1-3-11-19(12-4-2)15-9-7-14(8-10-15)18-17(20)16-6-5-13-21-16/h5-10,13H,3-4,11-12H2,1-2H3,(H,18,20). The van der Waals surface area contributed by atoms with Gasteiger partial charge >= 0.3 is 0 Å². The second-order valence-electron chi connectivity index (χ2n) is 4.97. The molecule has 2 rings (SSSR count). The van der Waals surface area contributed by atoms with Gasteiger partial charge in [-0.3, -0.25) is 4.79 Å². The van der Waals surface area contributed by atoms with E-state index in [1.165, 1.54) is 17.0 Å². The molecular formula is C17H22N2OS. The molecule has 1 N–H and O–H groups in total. The summed E-state index contributed by atoms with van der Waals surface area (Å²) in [7, 11) is 0. The number of amides is 1. The number of thiophene rings is 1. The Kier molecular flexibility index (Phi) is 5.81. The van der Waals surface area contributed by atoms with Crippen LogP contribution in [-0.4, -0.2) is 19.0 Å². The zero-order valence-electron chi connectivity index (χ0n) is 12.6. The van der Waals surface area contributed by atoms with E-state index in [0.717, 1.165) is 36.5 Å². The summed E-state index contributed by atoms with van der Waals surface area (Å²) in [6.45, 7) is 6.51. The van der Waals surface area contributed by atoms with Gasteiger partial charge in [-0.05, 0) is 48.6 Å². The lowest BCUT2D eigenvalue weighted by atomic mass is 10.2. The molecule has 112 valence electrons. The summed E-state index contributed by atoms with van der Waals surface area (Å²) in [5.74, 6) is -0.0447. The highest BCUT2D eigenvalue weighted by Gasteiger charge is 2.08. The molecule has 4 heteroatoms. The number of hydrogen-bond acceptors (Lipinski definition) is 3. The number of hydrogen-bond donors (Lipinski definition) is 1. The number of carbonyl (C=O) groups excluding carboxylic acids is 1. The summed E-state index contributed by atoms with van der Waals surface area (Å²) in [6, 6.07) is 11.8. The van der Waals surface area contributed by atoms with Crippen molar-refractivity contribution in [2.24, 2.45) is 0 Å². The molecule has 0 aliphatic carbocycles. The minimum atomic E-state index is -0.0447. The molecule has 3 nitrogen and oxygen atoms in total. The number of anilines is 2. The molecule has 2 aromatic rings. The van der Waals surface area contributed by atoms with Crippen LogP contribution in [0.2, 0.25) is 0 Å². The molecule has 0 aliphatic heterocycles. The van der Waals surface area contributed by atoms with Crippen LogP contribution in [0.5, 0.6) is 0 Å². The fraction of sp³-hybridized carbons (Fsp3) is 0.353. The van der Waals surface area contributed by atoms with Crippen LogP contribution in [0, 0.1) is 0 Å². The van der Waals surface area contributed by atoms with Crippen LogP contribution in [0.15, 0.2) is 41.8 Å². The molecule has 0 radical (unpaired) electrons. The van der Waals surface area contributed by atoms with E-state index >= 15 is 0 Å². The highest BCUT2D eigenvalue weighted by Crippen LogP contribution is 2.20. The van der Waals surface area contributed by atoms with E-state index in [2.05, 4.69) is 36.2 Å². The summed E-state index contributed by atoms with van der Waals surface area (Å²) in [6.07, 6.45) is 2.27. The molecule has 0 fully saturated rings. The molecule has 21 heavy (non-hydrogen) atoms. The maximum atomic E-state index is 12.0. The van der Waals surface area contributed by atoms with Crippen molar-refractivity contribution >= 4 is 28.6 Å². The lowest BCUT2D eigenvalue weighted by Crippen LogP contribution is -2.24. The van der Waals surface area contributed by atoms with E-state index in [-0.39, 0.29) is 5.91 Å². The first-order valence-corrected chi connectivity index (χ1v) is 8.32. The Morgan fingerprint density at radius 3 is 2.29 bits per heavy atom. The number of carbonyl (C=O) groups is 1. The Labute approximate surface area is 130 Å². The summed E-state index contributed by atoms with van der Waals surface area (Å²) in [5, 5.41) is 4.84. The number of nitrogens with zero attached hydrogens (tertiary/aromatic N) is 1. The van der Waals surface area contributed by atoms with Crippen molar-refractivity contribution < 1.29 is 4.79 Å².